The quantitative estimate of drug-likeness (QED) is 0.0356. The summed E-state index contributed by atoms with van der Waals surface area (Å²) in [6, 6.07) is 1.95. The van der Waals surface area contributed by atoms with Gasteiger partial charge in [0.15, 0.2) is 0 Å². The van der Waals surface area contributed by atoms with Gasteiger partial charge in [0.1, 0.15) is 42.5 Å². The smallest absolute Gasteiger partial charge is 0.246 e. The molecule has 1 aliphatic rings. The summed E-state index contributed by atoms with van der Waals surface area (Å²) in [6.07, 6.45) is 6.24. The normalized spacial score (nSPS) is 16.0. The summed E-state index contributed by atoms with van der Waals surface area (Å²) in [5.74, 6) is -4.58. The molecule has 1 aliphatic heterocycles. The van der Waals surface area contributed by atoms with Crippen molar-refractivity contribution in [3.8, 4) is 0 Å². The van der Waals surface area contributed by atoms with E-state index in [4.69, 9.17) is 11.5 Å². The number of hydrogen-bond acceptors (Lipinski definition) is 12. The fraction of sp³-hybridized carbons (Fsp3) is 0.644. The topological polar surface area (TPSA) is 293 Å². The molecule has 0 radical (unpaired) electrons. The van der Waals surface area contributed by atoms with Gasteiger partial charge >= 0.3 is 0 Å². The van der Waals surface area contributed by atoms with Crippen molar-refractivity contribution in [3.05, 3.63) is 35.9 Å². The van der Waals surface area contributed by atoms with Gasteiger partial charge in [-0.3, -0.25) is 43.2 Å². The molecule has 2 rings (SSSR count). The molecule has 1 fully saturated rings. The van der Waals surface area contributed by atoms with E-state index in [1.807, 2.05) is 13.8 Å². The monoisotopic (exact) mass is 945 g/mol. The number of thioether (sulfide) groups is 1. The van der Waals surface area contributed by atoms with Crippen molar-refractivity contribution in [2.45, 2.75) is 140 Å². The Morgan fingerprint density at radius 3 is 2.08 bits per heavy atom. The van der Waals surface area contributed by atoms with Crippen molar-refractivity contribution in [2.24, 2.45) is 11.5 Å². The number of primary amides is 1. The van der Waals surface area contributed by atoms with Crippen LogP contribution in [0.5, 0.6) is 0 Å². The number of nitrogens with two attached hydrogens (primary N) is 2. The molecule has 1 aromatic carbocycles. The number of amides is 9. The molecule has 6 unspecified atom stereocenters. The van der Waals surface area contributed by atoms with Gasteiger partial charge in [-0.05, 0) is 57.6 Å². The van der Waals surface area contributed by atoms with E-state index in [1.165, 1.54) is 47.5 Å². The van der Waals surface area contributed by atoms with Crippen molar-refractivity contribution in [1.82, 2.24) is 41.3 Å². The molecule has 20 nitrogen and oxygen atoms in total. The van der Waals surface area contributed by atoms with Crippen LogP contribution in [-0.4, -0.2) is 162 Å². The number of nitrogens with one attached hydrogen (secondary N) is 5. The van der Waals surface area contributed by atoms with Crippen LogP contribution in [0.15, 0.2) is 30.3 Å². The zero-order valence-electron chi connectivity index (χ0n) is 39.1. The molecule has 1 heterocycles. The Kier molecular flexibility index (Phi) is 26.2. The summed E-state index contributed by atoms with van der Waals surface area (Å²) in [5.41, 5.74) is 11.8. The van der Waals surface area contributed by atoms with Crippen molar-refractivity contribution in [1.29, 1.82) is 0 Å². The Balaban J connectivity index is 2.05. The second-order valence-electron chi connectivity index (χ2n) is 16.5. The van der Waals surface area contributed by atoms with Crippen LogP contribution in [-0.2, 0) is 54.4 Å². The van der Waals surface area contributed by atoms with Crippen LogP contribution < -0.4 is 38.1 Å². The number of unbranched alkanes of at least 4 members (excludes halogenated alkanes) is 2. The van der Waals surface area contributed by atoms with Gasteiger partial charge in [-0.15, -0.1) is 0 Å². The molecule has 0 bridgehead atoms. The lowest BCUT2D eigenvalue weighted by Gasteiger charge is -2.34. The Morgan fingerprint density at radius 2 is 1.47 bits per heavy atom. The highest BCUT2D eigenvalue weighted by molar-refractivity contribution is 7.99. The van der Waals surface area contributed by atoms with E-state index in [0.717, 1.165) is 18.4 Å². The van der Waals surface area contributed by atoms with Crippen LogP contribution in [0, 0.1) is 0 Å². The molecule has 9 amide bonds. The minimum atomic E-state index is -1.36. The van der Waals surface area contributed by atoms with Crippen LogP contribution in [0.1, 0.15) is 97.0 Å². The lowest BCUT2D eigenvalue weighted by atomic mass is 10.0. The first-order chi connectivity index (χ1) is 31.5. The Morgan fingerprint density at radius 1 is 0.818 bits per heavy atom. The first-order valence-electron chi connectivity index (χ1n) is 22.8. The fourth-order valence-corrected chi connectivity index (χ4v) is 8.09. The third-order valence-electron chi connectivity index (χ3n) is 11.3. The van der Waals surface area contributed by atoms with Gasteiger partial charge in [-0.2, -0.15) is 11.8 Å². The number of nitrogens with zero attached hydrogens (tertiary/aromatic N) is 3. The van der Waals surface area contributed by atoms with Crippen LogP contribution >= 0.6 is 11.8 Å². The van der Waals surface area contributed by atoms with E-state index in [1.54, 1.807) is 30.3 Å². The summed E-state index contributed by atoms with van der Waals surface area (Å²) < 4.78 is 0. The van der Waals surface area contributed by atoms with E-state index in [0.29, 0.717) is 63.4 Å². The number of benzene rings is 1. The maximum atomic E-state index is 13.8. The van der Waals surface area contributed by atoms with Crippen LogP contribution in [0.3, 0.4) is 0 Å². The number of aldehydes is 1. The highest BCUT2D eigenvalue weighted by atomic mass is 32.2. The summed E-state index contributed by atoms with van der Waals surface area (Å²) in [6.45, 7) is 6.01. The lowest BCUT2D eigenvalue weighted by molar-refractivity contribution is -0.145. The van der Waals surface area contributed by atoms with Crippen molar-refractivity contribution in [2.75, 3.05) is 45.2 Å². The molecule has 0 aliphatic carbocycles. The SMILES string of the molecule is CCCCC(C(=O)N(C)C(CCCC)C(=O)NC(CCCN)C(=O)NCCSCC(=O)NC(Cc1ccccc1)C(=O)N[C@@H](C)C(=O)NC(CC(N)=O)C(=O)N1CCCC1C=O)N(C)C=O. The summed E-state index contributed by atoms with van der Waals surface area (Å²) in [5, 5.41) is 13.4. The van der Waals surface area contributed by atoms with E-state index >= 15 is 0 Å². The molecule has 7 atom stereocenters. The van der Waals surface area contributed by atoms with Gasteiger partial charge in [0.25, 0.3) is 0 Å². The molecule has 21 heteroatoms. The predicted molar refractivity (Wildman–Crippen MR) is 250 cm³/mol. The largest absolute Gasteiger partial charge is 0.370 e. The van der Waals surface area contributed by atoms with Crippen molar-refractivity contribution < 1.29 is 47.9 Å². The molecule has 0 spiro atoms. The Hall–Kier alpha value is -5.57. The second-order valence-corrected chi connectivity index (χ2v) is 17.6. The Bertz CT molecular complexity index is 1770. The zero-order valence-corrected chi connectivity index (χ0v) is 39.9. The van der Waals surface area contributed by atoms with E-state index in [-0.39, 0.29) is 44.1 Å². The first-order valence-corrected chi connectivity index (χ1v) is 24.0. The number of hydrogen-bond donors (Lipinski definition) is 7. The van der Waals surface area contributed by atoms with Crippen molar-refractivity contribution >= 4 is 71.7 Å². The van der Waals surface area contributed by atoms with E-state index < -0.39 is 90.1 Å². The molecule has 0 aromatic heterocycles. The highest BCUT2D eigenvalue weighted by Gasteiger charge is 2.37. The van der Waals surface area contributed by atoms with Gasteiger partial charge in [0, 0.05) is 39.4 Å². The third kappa shape index (κ3) is 19.1. The molecular formula is C45H72N10O10S. The van der Waals surface area contributed by atoms with Gasteiger partial charge in [0.05, 0.1) is 18.2 Å². The molecule has 1 saturated heterocycles. The molecule has 66 heavy (non-hydrogen) atoms. The zero-order chi connectivity index (χ0) is 49.2. The fourth-order valence-electron chi connectivity index (χ4n) is 7.43. The van der Waals surface area contributed by atoms with Crippen LogP contribution in [0.4, 0.5) is 0 Å². The number of likely N-dealkylation sites (N-methyl/N-ethyl adjacent to an activating group) is 2. The number of likely N-dealkylation sites (tertiary alicyclic amines) is 1. The van der Waals surface area contributed by atoms with Gasteiger partial charge in [0.2, 0.25) is 53.7 Å². The second kappa shape index (κ2) is 30.6. The molecule has 0 saturated carbocycles. The summed E-state index contributed by atoms with van der Waals surface area (Å²) >= 11 is 1.19. The minimum Gasteiger partial charge on any atom is -0.370 e. The lowest BCUT2D eigenvalue weighted by Crippen LogP contribution is -2.57. The number of carbonyl (C=O) groups excluding carboxylic acids is 10. The van der Waals surface area contributed by atoms with Gasteiger partial charge in [-0.25, -0.2) is 0 Å². The third-order valence-corrected chi connectivity index (χ3v) is 12.2. The maximum Gasteiger partial charge on any atom is 0.246 e. The number of rotatable bonds is 32. The molecular weight excluding hydrogens is 873 g/mol. The standard InChI is InChI=1S/C45H72N10O10S/c1-6-8-19-36(54(5)45(65)37(20-9-7-2)53(4)29-57)43(63)51-33(18-13-21-46)41(61)48-22-24-66-28-39(59)50-34(25-31-15-11-10-12-16-31)42(62)49-30(3)40(60)52-35(26-38(47)58)44(64)55-23-14-17-32(55)27-56/h10-12,15-16,27,29-30,32-37H,6-9,13-14,17-26,28,46H2,1-5H3,(H2,47,58)(H,48,61)(H,49,62)(H,50,59)(H,51,63)(H,52,60)/t30-,32?,33?,34?,35?,36?,37?/m0/s1. The van der Waals surface area contributed by atoms with Crippen LogP contribution in [0.25, 0.3) is 0 Å². The van der Waals surface area contributed by atoms with Crippen molar-refractivity contribution in [3.63, 3.8) is 0 Å². The minimum absolute atomic E-state index is 0.0761. The van der Waals surface area contributed by atoms with Gasteiger partial charge in [-0.1, -0.05) is 69.9 Å². The molecule has 9 N–H and O–H groups in total. The average molecular weight is 945 g/mol. The predicted octanol–water partition coefficient (Wildman–Crippen LogP) is -0.494. The molecule has 1 aromatic rings. The number of carbonyl (C=O) groups is 10. The highest BCUT2D eigenvalue weighted by Crippen LogP contribution is 2.18. The van der Waals surface area contributed by atoms with E-state index in [2.05, 4.69) is 26.6 Å². The van der Waals surface area contributed by atoms with Crippen LogP contribution in [0.2, 0.25) is 0 Å². The average Bonchev–Trinajstić information content (AvgIpc) is 3.78. The first kappa shape index (κ1) is 56.6. The summed E-state index contributed by atoms with van der Waals surface area (Å²) in [4.78, 5) is 133. The van der Waals surface area contributed by atoms with Gasteiger partial charge < -0.3 is 57.5 Å². The summed E-state index contributed by atoms with van der Waals surface area (Å²) in [7, 11) is 3.07. The maximum absolute atomic E-state index is 13.8. The Labute approximate surface area is 392 Å². The van der Waals surface area contributed by atoms with E-state index in [9.17, 15) is 47.9 Å². The molecule has 368 valence electrons.